The molecule has 0 heterocycles. The minimum atomic E-state index is 0.907. The Kier molecular flexibility index (Phi) is 14.0. The highest BCUT2D eigenvalue weighted by Gasteiger charge is 2.13. The van der Waals surface area contributed by atoms with Crippen molar-refractivity contribution < 1.29 is 0 Å². The minimum absolute atomic E-state index is 0.907. The second-order valence-corrected chi connectivity index (χ2v) is 7.67. The lowest BCUT2D eigenvalue weighted by Crippen LogP contribution is -2.16. The van der Waals surface area contributed by atoms with E-state index in [2.05, 4.69) is 44.2 Å². The topological polar surface area (TPSA) is 0 Å². The Bertz CT molecular complexity index is 344. The quantitative estimate of drug-likeness (QED) is 0.213. The molecule has 1 heteroatoms. The van der Waals surface area contributed by atoms with E-state index >= 15 is 0 Å². The minimum Gasteiger partial charge on any atom is -0.0739 e. The van der Waals surface area contributed by atoms with Crippen LogP contribution in [0.25, 0.3) is 0 Å². The lowest BCUT2D eigenvalue weighted by molar-refractivity contribution is 0.616. The van der Waals surface area contributed by atoms with Crippen LogP contribution < -0.4 is 0 Å². The van der Waals surface area contributed by atoms with Crippen LogP contribution in [-0.2, 0) is 6.32 Å². The molecule has 0 N–H and O–H groups in total. The maximum absolute atomic E-state index is 2.31. The normalized spacial score (nSPS) is 10.9. The zero-order valence-corrected chi connectivity index (χ0v) is 16.6. The van der Waals surface area contributed by atoms with Crippen LogP contribution in [0, 0.1) is 0 Å². The molecule has 0 saturated heterocycles. The van der Waals surface area contributed by atoms with Crippen LogP contribution in [0.3, 0.4) is 0 Å². The van der Waals surface area contributed by atoms with E-state index in [4.69, 9.17) is 0 Å². The average Bonchev–Trinajstić information content (AvgIpc) is 2.61. The third kappa shape index (κ3) is 11.8. The van der Waals surface area contributed by atoms with E-state index in [0.29, 0.717) is 0 Å². The molecule has 0 aliphatic carbocycles. The summed E-state index contributed by atoms with van der Waals surface area (Å²) in [5.41, 5.74) is 1.54. The summed E-state index contributed by atoms with van der Waals surface area (Å²) in [4.78, 5) is 0. The summed E-state index contributed by atoms with van der Waals surface area (Å²) in [6.07, 6.45) is 21.3. The lowest BCUT2D eigenvalue weighted by atomic mass is 9.40. The molecule has 0 spiro atoms. The summed E-state index contributed by atoms with van der Waals surface area (Å²) < 4.78 is 0. The molecule has 1 aromatic carbocycles. The van der Waals surface area contributed by atoms with Crippen molar-refractivity contribution in [2.45, 2.75) is 110 Å². The first-order valence-corrected chi connectivity index (χ1v) is 10.9. The van der Waals surface area contributed by atoms with Gasteiger partial charge in [-0.2, -0.15) is 0 Å². The van der Waals surface area contributed by atoms with Gasteiger partial charge in [0.15, 0.2) is 0 Å². The van der Waals surface area contributed by atoms with Gasteiger partial charge in [-0.25, -0.2) is 0 Å². The Morgan fingerprint density at radius 2 is 1.04 bits per heavy atom. The zero-order chi connectivity index (χ0) is 17.3. The van der Waals surface area contributed by atoms with Gasteiger partial charge in [0.2, 0.25) is 0 Å². The van der Waals surface area contributed by atoms with Crippen molar-refractivity contribution in [3.63, 3.8) is 0 Å². The number of unbranched alkanes of at least 4 members (excludes halogenated alkanes) is 10. The summed E-state index contributed by atoms with van der Waals surface area (Å²) in [6.45, 7) is 5.51. The number of rotatable bonds is 16. The SMILES string of the molecule is CCCCCCCCB(CCCCCCCC)Cc1ccccc1. The molecule has 0 aliphatic rings. The molecular weight excluding hydrogens is 287 g/mol. The molecule has 24 heavy (non-hydrogen) atoms. The van der Waals surface area contributed by atoms with Crippen molar-refractivity contribution >= 4 is 6.71 Å². The number of benzene rings is 1. The van der Waals surface area contributed by atoms with E-state index in [9.17, 15) is 0 Å². The fourth-order valence-corrected chi connectivity index (χ4v) is 3.72. The largest absolute Gasteiger partial charge is 0.144 e. The summed E-state index contributed by atoms with van der Waals surface area (Å²) >= 11 is 0. The lowest BCUT2D eigenvalue weighted by Gasteiger charge is -2.14. The molecule has 0 atom stereocenters. The van der Waals surface area contributed by atoms with Crippen LogP contribution in [0.5, 0.6) is 0 Å². The van der Waals surface area contributed by atoms with Crippen molar-refractivity contribution in [3.05, 3.63) is 35.9 Å². The first-order valence-electron chi connectivity index (χ1n) is 10.9. The van der Waals surface area contributed by atoms with Crippen LogP contribution in [0.4, 0.5) is 0 Å². The second-order valence-electron chi connectivity index (χ2n) is 7.67. The van der Waals surface area contributed by atoms with Gasteiger partial charge in [0, 0.05) is 0 Å². The standard InChI is InChI=1S/C23H41B/c1-3-5-7-9-11-16-20-24(21-17-12-10-8-6-4-2)22-23-18-14-13-15-19-23/h13-15,18-19H,3-12,16-17,20-22H2,1-2H3. The maximum atomic E-state index is 2.31. The van der Waals surface area contributed by atoms with Crippen LogP contribution in [0.1, 0.15) is 96.5 Å². The third-order valence-electron chi connectivity index (χ3n) is 5.30. The predicted octanol–water partition coefficient (Wildman–Crippen LogP) is 7.98. The molecule has 1 aromatic rings. The second kappa shape index (κ2) is 15.8. The Hall–Kier alpha value is -0.715. The van der Waals surface area contributed by atoms with Gasteiger partial charge < -0.3 is 0 Å². The van der Waals surface area contributed by atoms with Gasteiger partial charge in [-0.3, -0.25) is 0 Å². The van der Waals surface area contributed by atoms with E-state index in [1.54, 1.807) is 5.56 Å². The van der Waals surface area contributed by atoms with E-state index in [0.717, 1.165) is 6.71 Å². The van der Waals surface area contributed by atoms with Crippen LogP contribution >= 0.6 is 0 Å². The van der Waals surface area contributed by atoms with E-state index in [1.807, 2.05) is 0 Å². The fourth-order valence-electron chi connectivity index (χ4n) is 3.72. The van der Waals surface area contributed by atoms with Crippen molar-refractivity contribution in [1.82, 2.24) is 0 Å². The van der Waals surface area contributed by atoms with Crippen LogP contribution in [0.15, 0.2) is 30.3 Å². The molecular formula is C23H41B. The third-order valence-corrected chi connectivity index (χ3v) is 5.30. The molecule has 1 rings (SSSR count). The summed E-state index contributed by atoms with van der Waals surface area (Å²) in [5, 5.41) is 0. The van der Waals surface area contributed by atoms with Crippen LogP contribution in [-0.4, -0.2) is 6.71 Å². The van der Waals surface area contributed by atoms with E-state index < -0.39 is 0 Å². The first-order chi connectivity index (χ1) is 11.9. The van der Waals surface area contributed by atoms with Gasteiger partial charge in [-0.1, -0.05) is 139 Å². The van der Waals surface area contributed by atoms with Gasteiger partial charge in [0.25, 0.3) is 0 Å². The Morgan fingerprint density at radius 3 is 1.54 bits per heavy atom. The molecule has 0 unspecified atom stereocenters. The number of hydrogen-bond acceptors (Lipinski definition) is 0. The highest BCUT2D eigenvalue weighted by Crippen LogP contribution is 2.18. The highest BCUT2D eigenvalue weighted by molar-refractivity contribution is 6.58. The molecule has 0 aromatic heterocycles. The Morgan fingerprint density at radius 1 is 0.583 bits per heavy atom. The molecule has 0 nitrogen and oxygen atoms in total. The van der Waals surface area contributed by atoms with Crippen molar-refractivity contribution in [3.8, 4) is 0 Å². The predicted molar refractivity (Wildman–Crippen MR) is 112 cm³/mol. The molecule has 0 saturated carbocycles. The van der Waals surface area contributed by atoms with Crippen LogP contribution in [0.2, 0.25) is 12.6 Å². The Labute approximate surface area is 152 Å². The summed E-state index contributed by atoms with van der Waals surface area (Å²) in [5.74, 6) is 0. The number of hydrogen-bond donors (Lipinski definition) is 0. The summed E-state index contributed by atoms with van der Waals surface area (Å²) in [7, 11) is 0. The molecule has 0 aliphatic heterocycles. The molecule has 0 bridgehead atoms. The molecule has 136 valence electrons. The van der Waals surface area contributed by atoms with Crippen molar-refractivity contribution in [2.75, 3.05) is 0 Å². The van der Waals surface area contributed by atoms with Gasteiger partial charge in [-0.05, 0) is 6.32 Å². The van der Waals surface area contributed by atoms with Gasteiger partial charge in [0.05, 0.1) is 0 Å². The highest BCUT2D eigenvalue weighted by atomic mass is 14.0. The molecule has 0 radical (unpaired) electrons. The zero-order valence-electron chi connectivity index (χ0n) is 16.6. The molecule has 0 fully saturated rings. The average molecular weight is 328 g/mol. The van der Waals surface area contributed by atoms with Gasteiger partial charge in [0.1, 0.15) is 6.71 Å². The van der Waals surface area contributed by atoms with E-state index in [-0.39, 0.29) is 0 Å². The van der Waals surface area contributed by atoms with Crippen molar-refractivity contribution in [1.29, 1.82) is 0 Å². The smallest absolute Gasteiger partial charge is 0.0739 e. The fraction of sp³-hybridized carbons (Fsp3) is 0.739. The maximum Gasteiger partial charge on any atom is 0.144 e. The first kappa shape index (κ1) is 21.3. The molecule has 0 amide bonds. The summed E-state index contributed by atoms with van der Waals surface area (Å²) in [6, 6.07) is 11.2. The Balaban J connectivity index is 2.24. The van der Waals surface area contributed by atoms with Gasteiger partial charge in [-0.15, -0.1) is 0 Å². The van der Waals surface area contributed by atoms with Crippen molar-refractivity contribution in [2.24, 2.45) is 0 Å². The van der Waals surface area contributed by atoms with Gasteiger partial charge >= 0.3 is 0 Å². The van der Waals surface area contributed by atoms with E-state index in [1.165, 1.54) is 96.0 Å². The monoisotopic (exact) mass is 328 g/mol.